The van der Waals surface area contributed by atoms with E-state index in [0.717, 1.165) is 23.1 Å². The van der Waals surface area contributed by atoms with E-state index in [2.05, 4.69) is 10.3 Å². The molecule has 0 fully saturated rings. The molecule has 0 unspecified atom stereocenters. The Hall–Kier alpha value is -2.82. The molecule has 1 aromatic heterocycles. The predicted molar refractivity (Wildman–Crippen MR) is 84.8 cm³/mol. The van der Waals surface area contributed by atoms with Crippen LogP contribution < -0.4 is 10.1 Å². The summed E-state index contributed by atoms with van der Waals surface area (Å²) in [5.41, 5.74) is 4.03. The lowest BCUT2D eigenvalue weighted by Gasteiger charge is -2.05. The van der Waals surface area contributed by atoms with Crippen molar-refractivity contribution in [3.63, 3.8) is 0 Å². The van der Waals surface area contributed by atoms with Crippen molar-refractivity contribution < 1.29 is 13.9 Å². The second-order valence-corrected chi connectivity index (χ2v) is 4.94. The minimum Gasteiger partial charge on any atom is -0.492 e. The molecule has 3 aromatic rings. The van der Waals surface area contributed by atoms with E-state index in [4.69, 9.17) is 9.15 Å². The number of carbonyl (C=O) groups is 1. The van der Waals surface area contributed by atoms with Crippen molar-refractivity contribution in [1.82, 2.24) is 4.98 Å². The molecular formula is C17H16N2O3. The number of anilines is 2. The highest BCUT2D eigenvalue weighted by Gasteiger charge is 2.15. The van der Waals surface area contributed by atoms with E-state index >= 15 is 0 Å². The number of nitrogens with zero attached hydrogens (tertiary/aromatic N) is 1. The lowest BCUT2D eigenvalue weighted by Crippen LogP contribution is -1.93. The molecule has 0 spiro atoms. The highest BCUT2D eigenvalue weighted by molar-refractivity contribution is 5.84. The summed E-state index contributed by atoms with van der Waals surface area (Å²) in [6.07, 6.45) is 1.12. The number of aromatic nitrogens is 1. The maximum atomic E-state index is 10.7. The zero-order valence-corrected chi connectivity index (χ0v) is 12.4. The Morgan fingerprint density at radius 2 is 2.09 bits per heavy atom. The number of benzene rings is 2. The summed E-state index contributed by atoms with van der Waals surface area (Å²) < 4.78 is 11.2. The van der Waals surface area contributed by atoms with Crippen LogP contribution in [0.1, 0.15) is 11.1 Å². The van der Waals surface area contributed by atoms with Gasteiger partial charge in [0, 0.05) is 17.7 Å². The van der Waals surface area contributed by atoms with Crippen molar-refractivity contribution in [1.29, 1.82) is 0 Å². The highest BCUT2D eigenvalue weighted by Crippen LogP contribution is 2.33. The van der Waals surface area contributed by atoms with E-state index in [0.29, 0.717) is 22.9 Å². The van der Waals surface area contributed by atoms with Crippen LogP contribution in [0.15, 0.2) is 40.8 Å². The molecule has 0 atom stereocenters. The summed E-state index contributed by atoms with van der Waals surface area (Å²) in [5.74, 6) is 0.551. The van der Waals surface area contributed by atoms with E-state index in [1.807, 2.05) is 43.3 Å². The number of carbonyl (C=O) groups excluding carboxylic acids is 1. The van der Waals surface area contributed by atoms with Crippen molar-refractivity contribution in [2.75, 3.05) is 12.4 Å². The quantitative estimate of drug-likeness (QED) is 0.728. The van der Waals surface area contributed by atoms with Gasteiger partial charge in [0.2, 0.25) is 0 Å². The lowest BCUT2D eigenvalue weighted by molar-refractivity contribution is -0.107. The Morgan fingerprint density at radius 1 is 1.27 bits per heavy atom. The third kappa shape index (κ3) is 2.53. The molecule has 0 aliphatic rings. The number of methoxy groups -OCH3 is 1. The largest absolute Gasteiger partial charge is 0.492 e. The Balaban J connectivity index is 2.02. The van der Waals surface area contributed by atoms with Crippen molar-refractivity contribution in [3.05, 3.63) is 47.5 Å². The Kier molecular flexibility index (Phi) is 3.78. The van der Waals surface area contributed by atoms with E-state index in [-0.39, 0.29) is 6.42 Å². The molecule has 0 amide bonds. The molecule has 0 radical (unpaired) electrons. The number of ether oxygens (including phenoxy) is 1. The summed E-state index contributed by atoms with van der Waals surface area (Å²) in [7, 11) is 1.56. The van der Waals surface area contributed by atoms with Gasteiger partial charge >= 0.3 is 0 Å². The topological polar surface area (TPSA) is 64.4 Å². The highest BCUT2D eigenvalue weighted by atomic mass is 16.5. The molecule has 2 aromatic carbocycles. The second kappa shape index (κ2) is 5.89. The second-order valence-electron chi connectivity index (χ2n) is 4.94. The number of fused-ring (bicyclic) bond motifs is 1. The zero-order valence-electron chi connectivity index (χ0n) is 12.4. The minimum absolute atomic E-state index is 0.278. The Morgan fingerprint density at radius 3 is 2.82 bits per heavy atom. The Bertz CT molecular complexity index is 824. The molecule has 1 N–H and O–H groups in total. The average molecular weight is 296 g/mol. The molecular weight excluding hydrogens is 280 g/mol. The van der Waals surface area contributed by atoms with Crippen molar-refractivity contribution in [3.8, 4) is 5.75 Å². The van der Waals surface area contributed by atoms with Gasteiger partial charge in [0.05, 0.1) is 7.11 Å². The fourth-order valence-electron chi connectivity index (χ4n) is 2.36. The molecule has 0 aliphatic heterocycles. The van der Waals surface area contributed by atoms with Crippen LogP contribution in [0, 0.1) is 6.92 Å². The number of aryl methyl sites for hydroxylation is 1. The Labute approximate surface area is 127 Å². The number of oxazole rings is 1. The SMILES string of the molecule is COc1c(CC=O)ccc2nc(Nc3ccccc3C)oc12. The first-order chi connectivity index (χ1) is 10.7. The fourth-order valence-corrected chi connectivity index (χ4v) is 2.36. The van der Waals surface area contributed by atoms with Gasteiger partial charge in [-0.1, -0.05) is 24.3 Å². The number of aldehydes is 1. The van der Waals surface area contributed by atoms with Crippen molar-refractivity contribution >= 4 is 29.1 Å². The lowest BCUT2D eigenvalue weighted by atomic mass is 10.1. The van der Waals surface area contributed by atoms with Gasteiger partial charge in [0.1, 0.15) is 11.8 Å². The maximum absolute atomic E-state index is 10.7. The number of nitrogens with one attached hydrogen (secondary N) is 1. The normalized spacial score (nSPS) is 10.6. The summed E-state index contributed by atoms with van der Waals surface area (Å²) in [6.45, 7) is 2.01. The van der Waals surface area contributed by atoms with Gasteiger partial charge in [-0.3, -0.25) is 0 Å². The average Bonchev–Trinajstić information content (AvgIpc) is 2.92. The summed E-state index contributed by atoms with van der Waals surface area (Å²) in [5, 5.41) is 3.16. The molecule has 1 heterocycles. The third-order valence-electron chi connectivity index (χ3n) is 3.49. The maximum Gasteiger partial charge on any atom is 0.300 e. The minimum atomic E-state index is 0.278. The van der Waals surface area contributed by atoms with Gasteiger partial charge in [0.25, 0.3) is 6.01 Å². The fraction of sp³-hybridized carbons (Fsp3) is 0.176. The molecule has 5 heteroatoms. The third-order valence-corrected chi connectivity index (χ3v) is 3.49. The van der Waals surface area contributed by atoms with E-state index in [1.54, 1.807) is 7.11 Å². The standard InChI is InChI=1S/C17H16N2O3/c1-11-5-3-4-6-13(11)18-17-19-14-8-7-12(9-10-20)15(21-2)16(14)22-17/h3-8,10H,9H2,1-2H3,(H,18,19). The number of hydrogen-bond acceptors (Lipinski definition) is 5. The van der Waals surface area contributed by atoms with Crippen LogP contribution in [-0.2, 0) is 11.2 Å². The van der Waals surface area contributed by atoms with Crippen LogP contribution in [0.25, 0.3) is 11.1 Å². The molecule has 112 valence electrons. The first kappa shape index (κ1) is 14.1. The summed E-state index contributed by atoms with van der Waals surface area (Å²) in [4.78, 5) is 15.2. The van der Waals surface area contributed by atoms with Crippen LogP contribution in [0.3, 0.4) is 0 Å². The van der Waals surface area contributed by atoms with Gasteiger partial charge in [-0.25, -0.2) is 0 Å². The smallest absolute Gasteiger partial charge is 0.300 e. The van der Waals surface area contributed by atoms with Gasteiger partial charge in [-0.2, -0.15) is 4.98 Å². The molecule has 3 rings (SSSR count). The first-order valence-corrected chi connectivity index (χ1v) is 6.95. The van der Waals surface area contributed by atoms with Gasteiger partial charge in [0.15, 0.2) is 11.3 Å². The van der Waals surface area contributed by atoms with Crippen LogP contribution in [0.2, 0.25) is 0 Å². The monoisotopic (exact) mass is 296 g/mol. The van der Waals surface area contributed by atoms with Crippen molar-refractivity contribution in [2.45, 2.75) is 13.3 Å². The van der Waals surface area contributed by atoms with E-state index in [1.165, 1.54) is 0 Å². The van der Waals surface area contributed by atoms with Crippen molar-refractivity contribution in [2.24, 2.45) is 0 Å². The number of rotatable bonds is 5. The van der Waals surface area contributed by atoms with Gasteiger partial charge in [-0.15, -0.1) is 0 Å². The van der Waals surface area contributed by atoms with Crippen LogP contribution in [0.5, 0.6) is 5.75 Å². The number of hydrogen-bond donors (Lipinski definition) is 1. The molecule has 0 bridgehead atoms. The van der Waals surface area contributed by atoms with Gasteiger partial charge in [-0.05, 0) is 24.6 Å². The van der Waals surface area contributed by atoms with E-state index < -0.39 is 0 Å². The van der Waals surface area contributed by atoms with Crippen LogP contribution >= 0.6 is 0 Å². The van der Waals surface area contributed by atoms with Crippen LogP contribution in [0.4, 0.5) is 11.7 Å². The molecule has 22 heavy (non-hydrogen) atoms. The predicted octanol–water partition coefficient (Wildman–Crippen LogP) is 3.63. The molecule has 0 saturated heterocycles. The first-order valence-electron chi connectivity index (χ1n) is 6.95. The zero-order chi connectivity index (χ0) is 15.5. The number of para-hydroxylation sites is 1. The van der Waals surface area contributed by atoms with Crippen LogP contribution in [-0.4, -0.2) is 18.4 Å². The summed E-state index contributed by atoms with van der Waals surface area (Å²) in [6, 6.07) is 11.9. The molecule has 0 aliphatic carbocycles. The van der Waals surface area contributed by atoms with Gasteiger partial charge < -0.3 is 19.3 Å². The molecule has 0 saturated carbocycles. The summed E-state index contributed by atoms with van der Waals surface area (Å²) >= 11 is 0. The molecule has 5 nitrogen and oxygen atoms in total. The van der Waals surface area contributed by atoms with E-state index in [9.17, 15) is 4.79 Å².